The second kappa shape index (κ2) is 8.27. The zero-order chi connectivity index (χ0) is 19.4. The molecular formula is C19H26N8. The van der Waals surface area contributed by atoms with Crippen molar-refractivity contribution in [1.29, 1.82) is 5.26 Å². The van der Waals surface area contributed by atoms with E-state index in [4.69, 9.17) is 5.73 Å². The summed E-state index contributed by atoms with van der Waals surface area (Å²) >= 11 is 0. The van der Waals surface area contributed by atoms with Gasteiger partial charge in [-0.1, -0.05) is 0 Å². The highest BCUT2D eigenvalue weighted by molar-refractivity contribution is 5.57. The van der Waals surface area contributed by atoms with Gasteiger partial charge >= 0.3 is 0 Å². The number of hydrogen-bond donors (Lipinski definition) is 1. The van der Waals surface area contributed by atoms with Gasteiger partial charge in [0.2, 0.25) is 0 Å². The highest BCUT2D eigenvalue weighted by atomic mass is 15.3. The molecule has 1 fully saturated rings. The van der Waals surface area contributed by atoms with Crippen molar-refractivity contribution in [1.82, 2.24) is 25.1 Å². The second-order valence-electron chi connectivity index (χ2n) is 7.11. The molecule has 1 atom stereocenters. The zero-order valence-electron chi connectivity index (χ0n) is 16.2. The third-order valence-electron chi connectivity index (χ3n) is 5.29. The first-order valence-corrected chi connectivity index (χ1v) is 9.26. The molecule has 2 N–H and O–H groups in total. The monoisotopic (exact) mass is 366 g/mol. The molecule has 2 aromatic rings. The van der Waals surface area contributed by atoms with Crippen molar-refractivity contribution in [2.24, 2.45) is 0 Å². The number of rotatable bonds is 4. The number of nitrogens with zero attached hydrogens (tertiary/aromatic N) is 7. The largest absolute Gasteiger partial charge is 0.384 e. The lowest BCUT2D eigenvalue weighted by molar-refractivity contribution is 0.212. The summed E-state index contributed by atoms with van der Waals surface area (Å²) in [6.07, 6.45) is 4.79. The summed E-state index contributed by atoms with van der Waals surface area (Å²) in [5.41, 5.74) is 8.12. The van der Waals surface area contributed by atoms with E-state index in [9.17, 15) is 5.26 Å². The summed E-state index contributed by atoms with van der Waals surface area (Å²) in [6, 6.07) is 4.43. The molecule has 0 aliphatic carbocycles. The van der Waals surface area contributed by atoms with E-state index in [2.05, 4.69) is 43.1 Å². The summed E-state index contributed by atoms with van der Waals surface area (Å²) < 4.78 is 0. The van der Waals surface area contributed by atoms with Gasteiger partial charge in [-0.25, -0.2) is 9.97 Å². The number of nitrogens with two attached hydrogens (primary N) is 1. The quantitative estimate of drug-likeness (QED) is 0.873. The van der Waals surface area contributed by atoms with Crippen LogP contribution < -0.4 is 10.6 Å². The van der Waals surface area contributed by atoms with Crippen LogP contribution in [0.1, 0.15) is 41.9 Å². The third kappa shape index (κ3) is 4.31. The van der Waals surface area contributed by atoms with E-state index < -0.39 is 0 Å². The number of hydrogen-bond acceptors (Lipinski definition) is 8. The average molecular weight is 366 g/mol. The van der Waals surface area contributed by atoms with Crippen molar-refractivity contribution in [2.75, 3.05) is 30.8 Å². The zero-order valence-corrected chi connectivity index (χ0v) is 16.2. The molecule has 0 aromatic carbocycles. The van der Waals surface area contributed by atoms with E-state index in [-0.39, 0.29) is 0 Å². The van der Waals surface area contributed by atoms with Gasteiger partial charge in [0, 0.05) is 25.3 Å². The standard InChI is InChI=1S/C19H26N8/c1-13-14(2)24-25-19(16(13)11-20)27-9-4-5-15(7-10-27)26(3)12-18-22-8-6-17(21)23-18/h6,8,15H,4-5,7,9-10,12H2,1-3H3,(H2,21,22,23). The molecule has 1 aliphatic heterocycles. The van der Waals surface area contributed by atoms with Gasteiger partial charge in [0.1, 0.15) is 23.3 Å². The maximum Gasteiger partial charge on any atom is 0.169 e. The number of nitriles is 1. The van der Waals surface area contributed by atoms with E-state index in [1.807, 2.05) is 13.8 Å². The first kappa shape index (κ1) is 19.0. The molecule has 0 radical (unpaired) electrons. The molecule has 3 rings (SSSR count). The fraction of sp³-hybridized carbons (Fsp3) is 0.526. The molecular weight excluding hydrogens is 340 g/mol. The summed E-state index contributed by atoms with van der Waals surface area (Å²) in [5.74, 6) is 1.95. The molecule has 1 saturated heterocycles. The Morgan fingerprint density at radius 2 is 2.11 bits per heavy atom. The molecule has 0 spiro atoms. The number of aryl methyl sites for hydroxylation is 1. The smallest absolute Gasteiger partial charge is 0.169 e. The molecule has 0 bridgehead atoms. The Hall–Kier alpha value is -2.79. The van der Waals surface area contributed by atoms with E-state index in [1.165, 1.54) is 0 Å². The van der Waals surface area contributed by atoms with Crippen molar-refractivity contribution < 1.29 is 0 Å². The van der Waals surface area contributed by atoms with Gasteiger partial charge in [0.05, 0.1) is 12.2 Å². The first-order valence-electron chi connectivity index (χ1n) is 9.26. The number of aromatic nitrogens is 4. The van der Waals surface area contributed by atoms with Crippen LogP contribution in [-0.2, 0) is 6.54 Å². The van der Waals surface area contributed by atoms with E-state index >= 15 is 0 Å². The Morgan fingerprint density at radius 3 is 2.85 bits per heavy atom. The van der Waals surface area contributed by atoms with Crippen LogP contribution in [-0.4, -0.2) is 51.2 Å². The Morgan fingerprint density at radius 1 is 1.30 bits per heavy atom. The molecule has 1 unspecified atom stereocenters. The van der Waals surface area contributed by atoms with Gasteiger partial charge in [-0.3, -0.25) is 4.90 Å². The second-order valence-corrected chi connectivity index (χ2v) is 7.11. The van der Waals surface area contributed by atoms with Crippen LogP contribution in [0.5, 0.6) is 0 Å². The van der Waals surface area contributed by atoms with Crippen molar-refractivity contribution in [3.8, 4) is 6.07 Å². The Labute approximate surface area is 160 Å². The minimum absolute atomic E-state index is 0.421. The molecule has 0 saturated carbocycles. The van der Waals surface area contributed by atoms with Crippen molar-refractivity contribution in [3.63, 3.8) is 0 Å². The molecule has 8 nitrogen and oxygen atoms in total. The minimum Gasteiger partial charge on any atom is -0.384 e. The lowest BCUT2D eigenvalue weighted by Crippen LogP contribution is -2.33. The molecule has 142 valence electrons. The highest BCUT2D eigenvalue weighted by Crippen LogP contribution is 2.25. The third-order valence-corrected chi connectivity index (χ3v) is 5.29. The van der Waals surface area contributed by atoms with Crippen LogP contribution >= 0.6 is 0 Å². The topological polar surface area (TPSA) is 108 Å². The lowest BCUT2D eigenvalue weighted by atomic mass is 10.1. The Bertz CT molecular complexity index is 844. The SMILES string of the molecule is Cc1nnc(N2CCCC(N(C)Cc3nccc(N)n3)CC2)c(C#N)c1C. The summed E-state index contributed by atoms with van der Waals surface area (Å²) in [4.78, 5) is 13.1. The summed E-state index contributed by atoms with van der Waals surface area (Å²) in [6.45, 7) is 6.22. The normalized spacial score (nSPS) is 17.6. The van der Waals surface area contributed by atoms with Crippen molar-refractivity contribution in [2.45, 2.75) is 45.7 Å². The van der Waals surface area contributed by atoms with Crippen LogP contribution in [0.15, 0.2) is 12.3 Å². The van der Waals surface area contributed by atoms with Crippen LogP contribution in [0.4, 0.5) is 11.6 Å². The summed E-state index contributed by atoms with van der Waals surface area (Å²) in [7, 11) is 2.10. The predicted octanol–water partition coefficient (Wildman–Crippen LogP) is 1.83. The van der Waals surface area contributed by atoms with Gasteiger partial charge < -0.3 is 10.6 Å². The van der Waals surface area contributed by atoms with E-state index in [0.717, 1.165) is 49.4 Å². The average Bonchev–Trinajstić information content (AvgIpc) is 2.90. The summed E-state index contributed by atoms with van der Waals surface area (Å²) in [5, 5.41) is 18.1. The fourth-order valence-electron chi connectivity index (χ4n) is 3.53. The molecule has 2 aromatic heterocycles. The van der Waals surface area contributed by atoms with Crippen LogP contribution in [0.25, 0.3) is 0 Å². The number of nitrogen functional groups attached to an aromatic ring is 1. The highest BCUT2D eigenvalue weighted by Gasteiger charge is 2.24. The van der Waals surface area contributed by atoms with Gasteiger partial charge in [0.25, 0.3) is 0 Å². The van der Waals surface area contributed by atoms with Crippen molar-refractivity contribution >= 4 is 11.6 Å². The van der Waals surface area contributed by atoms with Gasteiger partial charge in [-0.15, -0.1) is 5.10 Å². The lowest BCUT2D eigenvalue weighted by Gasteiger charge is -2.27. The Balaban J connectivity index is 1.69. The van der Waals surface area contributed by atoms with E-state index in [1.54, 1.807) is 12.3 Å². The van der Waals surface area contributed by atoms with E-state index in [0.29, 0.717) is 29.8 Å². The molecule has 3 heterocycles. The predicted molar refractivity (Wildman–Crippen MR) is 104 cm³/mol. The van der Waals surface area contributed by atoms with Gasteiger partial charge in [-0.05, 0) is 51.8 Å². The molecule has 1 aliphatic rings. The Kier molecular flexibility index (Phi) is 5.81. The fourth-order valence-corrected chi connectivity index (χ4v) is 3.53. The van der Waals surface area contributed by atoms with Gasteiger partial charge in [0.15, 0.2) is 5.82 Å². The first-order chi connectivity index (χ1) is 13.0. The number of anilines is 2. The minimum atomic E-state index is 0.421. The van der Waals surface area contributed by atoms with Crippen LogP contribution in [0, 0.1) is 25.2 Å². The maximum atomic E-state index is 9.57. The molecule has 0 amide bonds. The van der Waals surface area contributed by atoms with Crippen LogP contribution in [0.2, 0.25) is 0 Å². The maximum absolute atomic E-state index is 9.57. The van der Waals surface area contributed by atoms with Crippen molar-refractivity contribution in [3.05, 3.63) is 34.9 Å². The van der Waals surface area contributed by atoms with Gasteiger partial charge in [-0.2, -0.15) is 10.4 Å². The molecule has 8 heteroatoms. The van der Waals surface area contributed by atoms with Crippen LogP contribution in [0.3, 0.4) is 0 Å². The molecule has 27 heavy (non-hydrogen) atoms.